The molecular weight excluding hydrogens is 210 g/mol. The van der Waals surface area contributed by atoms with Gasteiger partial charge in [-0.05, 0) is 31.4 Å². The molecule has 0 radical (unpaired) electrons. The van der Waals surface area contributed by atoms with Gasteiger partial charge in [0, 0.05) is 19.6 Å². The molecule has 1 aliphatic rings. The second-order valence-electron chi connectivity index (χ2n) is 5.50. The predicted molar refractivity (Wildman–Crippen MR) is 71.5 cm³/mol. The highest BCUT2D eigenvalue weighted by atomic mass is 16.5. The van der Waals surface area contributed by atoms with Gasteiger partial charge in [-0.2, -0.15) is 0 Å². The van der Waals surface area contributed by atoms with Crippen LogP contribution in [0.2, 0.25) is 0 Å². The summed E-state index contributed by atoms with van der Waals surface area (Å²) < 4.78 is 6.00. The molecule has 1 aromatic carbocycles. The van der Waals surface area contributed by atoms with Crippen molar-refractivity contribution >= 4 is 0 Å². The molecule has 2 rings (SSSR count). The van der Waals surface area contributed by atoms with Gasteiger partial charge in [-0.1, -0.05) is 31.5 Å². The molecule has 94 valence electrons. The molecule has 0 saturated carbocycles. The summed E-state index contributed by atoms with van der Waals surface area (Å²) in [6.45, 7) is 10.1. The number of hydrogen-bond acceptors (Lipinski definition) is 2. The summed E-state index contributed by atoms with van der Waals surface area (Å²) in [6.07, 6.45) is 1.53. The van der Waals surface area contributed by atoms with E-state index in [1.165, 1.54) is 18.7 Å². The summed E-state index contributed by atoms with van der Waals surface area (Å²) in [6, 6.07) is 8.35. The topological polar surface area (TPSA) is 12.5 Å². The lowest BCUT2D eigenvalue weighted by Gasteiger charge is -2.18. The highest BCUT2D eigenvalue weighted by Gasteiger charge is 2.24. The number of rotatable bonds is 4. The van der Waals surface area contributed by atoms with Gasteiger partial charge >= 0.3 is 0 Å². The molecular formula is C15H23NO. The summed E-state index contributed by atoms with van der Waals surface area (Å²) in [4.78, 5) is 2.50. The third-order valence-electron chi connectivity index (χ3n) is 3.18. The summed E-state index contributed by atoms with van der Waals surface area (Å²) in [5, 5.41) is 0. The molecule has 0 amide bonds. The van der Waals surface area contributed by atoms with Crippen molar-refractivity contribution < 1.29 is 4.74 Å². The van der Waals surface area contributed by atoms with Crippen LogP contribution in [-0.4, -0.2) is 30.6 Å². The molecule has 1 saturated heterocycles. The maximum Gasteiger partial charge on any atom is 0.119 e. The van der Waals surface area contributed by atoms with Crippen LogP contribution in [-0.2, 0) is 0 Å². The molecule has 2 heteroatoms. The van der Waals surface area contributed by atoms with Gasteiger partial charge < -0.3 is 4.74 Å². The first-order chi connectivity index (χ1) is 8.13. The first-order valence-corrected chi connectivity index (χ1v) is 6.59. The van der Waals surface area contributed by atoms with Crippen LogP contribution in [0.1, 0.15) is 25.8 Å². The number of nitrogens with zero attached hydrogens (tertiary/aromatic N) is 1. The second kappa shape index (κ2) is 5.54. The Balaban J connectivity index is 1.83. The Morgan fingerprint density at radius 1 is 1.29 bits per heavy atom. The maximum absolute atomic E-state index is 6.00. The average Bonchev–Trinajstić information content (AvgIpc) is 2.68. The van der Waals surface area contributed by atoms with E-state index in [0.29, 0.717) is 6.10 Å². The SMILES string of the molecule is Cc1ccc(O[C@H]2CCN(CC(C)C)C2)cc1. The number of aryl methyl sites for hydroxylation is 1. The Hall–Kier alpha value is -1.02. The van der Waals surface area contributed by atoms with Gasteiger partial charge in [0.25, 0.3) is 0 Å². The molecule has 0 bridgehead atoms. The third kappa shape index (κ3) is 3.74. The molecule has 0 aromatic heterocycles. The summed E-state index contributed by atoms with van der Waals surface area (Å²) in [5.41, 5.74) is 1.28. The van der Waals surface area contributed by atoms with Crippen LogP contribution in [0, 0.1) is 12.8 Å². The second-order valence-corrected chi connectivity index (χ2v) is 5.50. The molecule has 0 aliphatic carbocycles. The Bertz CT molecular complexity index is 344. The molecule has 17 heavy (non-hydrogen) atoms. The zero-order valence-corrected chi connectivity index (χ0v) is 11.1. The quantitative estimate of drug-likeness (QED) is 0.792. The fraction of sp³-hybridized carbons (Fsp3) is 0.600. The zero-order chi connectivity index (χ0) is 12.3. The lowest BCUT2D eigenvalue weighted by Crippen LogP contribution is -2.28. The van der Waals surface area contributed by atoms with Crippen LogP contribution in [0.25, 0.3) is 0 Å². The van der Waals surface area contributed by atoms with Crippen LogP contribution in [0.4, 0.5) is 0 Å². The summed E-state index contributed by atoms with van der Waals surface area (Å²) in [7, 11) is 0. The fourth-order valence-corrected chi connectivity index (χ4v) is 2.38. The monoisotopic (exact) mass is 233 g/mol. The van der Waals surface area contributed by atoms with Crippen molar-refractivity contribution in [3.8, 4) is 5.75 Å². The Morgan fingerprint density at radius 2 is 2.00 bits per heavy atom. The van der Waals surface area contributed by atoms with Crippen molar-refractivity contribution in [1.82, 2.24) is 4.90 Å². The first-order valence-electron chi connectivity index (χ1n) is 6.59. The minimum Gasteiger partial charge on any atom is -0.489 e. The lowest BCUT2D eigenvalue weighted by molar-refractivity contribution is 0.194. The number of likely N-dealkylation sites (tertiary alicyclic amines) is 1. The minimum atomic E-state index is 0.372. The lowest BCUT2D eigenvalue weighted by atomic mass is 10.2. The predicted octanol–water partition coefficient (Wildman–Crippen LogP) is 3.10. The van der Waals surface area contributed by atoms with Crippen LogP contribution in [0.3, 0.4) is 0 Å². The van der Waals surface area contributed by atoms with E-state index in [1.807, 2.05) is 0 Å². The van der Waals surface area contributed by atoms with Crippen molar-refractivity contribution in [2.45, 2.75) is 33.3 Å². The van der Waals surface area contributed by atoms with E-state index in [4.69, 9.17) is 4.74 Å². The van der Waals surface area contributed by atoms with E-state index in [-0.39, 0.29) is 0 Å². The average molecular weight is 233 g/mol. The van der Waals surface area contributed by atoms with Gasteiger partial charge in [0.1, 0.15) is 11.9 Å². The van der Waals surface area contributed by atoms with E-state index >= 15 is 0 Å². The van der Waals surface area contributed by atoms with Crippen molar-refractivity contribution in [1.29, 1.82) is 0 Å². The molecule has 1 aromatic rings. The van der Waals surface area contributed by atoms with E-state index in [2.05, 4.69) is 49.9 Å². The van der Waals surface area contributed by atoms with Crippen LogP contribution in [0.5, 0.6) is 5.75 Å². The fourth-order valence-electron chi connectivity index (χ4n) is 2.38. The van der Waals surface area contributed by atoms with E-state index in [1.54, 1.807) is 0 Å². The Morgan fingerprint density at radius 3 is 2.65 bits per heavy atom. The normalized spacial score (nSPS) is 21.1. The number of hydrogen-bond donors (Lipinski definition) is 0. The van der Waals surface area contributed by atoms with E-state index < -0.39 is 0 Å². The van der Waals surface area contributed by atoms with Crippen molar-refractivity contribution in [2.24, 2.45) is 5.92 Å². The van der Waals surface area contributed by atoms with Crippen molar-refractivity contribution in [3.63, 3.8) is 0 Å². The highest BCUT2D eigenvalue weighted by Crippen LogP contribution is 2.19. The molecule has 1 fully saturated rings. The van der Waals surface area contributed by atoms with Gasteiger partial charge in [0.05, 0.1) is 0 Å². The highest BCUT2D eigenvalue weighted by molar-refractivity contribution is 5.26. The molecule has 1 atom stereocenters. The molecule has 1 aliphatic heterocycles. The largest absolute Gasteiger partial charge is 0.489 e. The van der Waals surface area contributed by atoms with E-state index in [0.717, 1.165) is 24.6 Å². The smallest absolute Gasteiger partial charge is 0.119 e. The summed E-state index contributed by atoms with van der Waals surface area (Å²) >= 11 is 0. The van der Waals surface area contributed by atoms with Crippen LogP contribution in [0.15, 0.2) is 24.3 Å². The van der Waals surface area contributed by atoms with Crippen molar-refractivity contribution in [2.75, 3.05) is 19.6 Å². The van der Waals surface area contributed by atoms with Gasteiger partial charge in [0.2, 0.25) is 0 Å². The van der Waals surface area contributed by atoms with Crippen molar-refractivity contribution in [3.05, 3.63) is 29.8 Å². The van der Waals surface area contributed by atoms with Gasteiger partial charge in [-0.15, -0.1) is 0 Å². The van der Waals surface area contributed by atoms with Crippen LogP contribution >= 0.6 is 0 Å². The molecule has 0 spiro atoms. The standard InChI is InChI=1S/C15H23NO/c1-12(2)10-16-9-8-15(11-16)17-14-6-4-13(3)5-7-14/h4-7,12,15H,8-11H2,1-3H3/t15-/m0/s1. The number of benzene rings is 1. The summed E-state index contributed by atoms with van der Waals surface area (Å²) in [5.74, 6) is 1.75. The molecule has 1 heterocycles. The van der Waals surface area contributed by atoms with Crippen LogP contribution < -0.4 is 4.74 Å². The van der Waals surface area contributed by atoms with Gasteiger partial charge in [-0.25, -0.2) is 0 Å². The zero-order valence-electron chi connectivity index (χ0n) is 11.1. The van der Waals surface area contributed by atoms with E-state index in [9.17, 15) is 0 Å². The Kier molecular flexibility index (Phi) is 4.06. The maximum atomic E-state index is 6.00. The Labute approximate surface area is 105 Å². The van der Waals surface area contributed by atoms with Gasteiger partial charge in [0.15, 0.2) is 0 Å². The first kappa shape index (κ1) is 12.4. The molecule has 2 nitrogen and oxygen atoms in total. The third-order valence-corrected chi connectivity index (χ3v) is 3.18. The number of ether oxygens (including phenoxy) is 1. The van der Waals surface area contributed by atoms with Gasteiger partial charge in [-0.3, -0.25) is 4.90 Å². The minimum absolute atomic E-state index is 0.372. The molecule has 0 N–H and O–H groups in total. The molecule has 0 unspecified atom stereocenters.